The molecule has 0 spiro atoms. The van der Waals surface area contributed by atoms with Crippen molar-refractivity contribution in [2.75, 3.05) is 43.1 Å². The van der Waals surface area contributed by atoms with Crippen LogP contribution in [0.25, 0.3) is 10.2 Å². The first-order valence-electron chi connectivity index (χ1n) is 8.36. The summed E-state index contributed by atoms with van der Waals surface area (Å²) < 4.78 is 6.58. The summed E-state index contributed by atoms with van der Waals surface area (Å²) in [6.45, 7) is 5.86. The van der Waals surface area contributed by atoms with Crippen LogP contribution < -0.4 is 14.5 Å². The van der Waals surface area contributed by atoms with Crippen LogP contribution in [0.15, 0.2) is 36.4 Å². The molecule has 0 N–H and O–H groups in total. The average molecular weight is 374 g/mol. The first-order chi connectivity index (χ1) is 12.2. The molecule has 6 heteroatoms. The second kappa shape index (κ2) is 6.73. The second-order valence-corrected chi connectivity index (χ2v) is 7.57. The molecule has 130 valence electrons. The molecule has 4 rings (SSSR count). The van der Waals surface area contributed by atoms with Gasteiger partial charge in [-0.1, -0.05) is 41.1 Å². The molecule has 0 radical (unpaired) electrons. The third kappa shape index (κ3) is 3.02. The van der Waals surface area contributed by atoms with Crippen molar-refractivity contribution in [3.63, 3.8) is 0 Å². The fourth-order valence-corrected chi connectivity index (χ4v) is 4.62. The van der Waals surface area contributed by atoms with Gasteiger partial charge in [0.1, 0.15) is 5.75 Å². The van der Waals surface area contributed by atoms with Crippen molar-refractivity contribution in [2.24, 2.45) is 0 Å². The number of benzene rings is 2. The molecule has 0 amide bonds. The molecule has 0 bridgehead atoms. The molecule has 2 heterocycles. The van der Waals surface area contributed by atoms with Gasteiger partial charge in [-0.05, 0) is 30.7 Å². The van der Waals surface area contributed by atoms with Crippen LogP contribution in [0.5, 0.6) is 5.75 Å². The summed E-state index contributed by atoms with van der Waals surface area (Å²) in [4.78, 5) is 9.57. The number of thiazole rings is 1. The van der Waals surface area contributed by atoms with Gasteiger partial charge in [0.05, 0.1) is 28.0 Å². The number of rotatable bonds is 3. The smallest absolute Gasteiger partial charge is 0.186 e. The van der Waals surface area contributed by atoms with Gasteiger partial charge in [-0.3, -0.25) is 0 Å². The fourth-order valence-electron chi connectivity index (χ4n) is 3.26. The Bertz CT molecular complexity index is 864. The largest absolute Gasteiger partial charge is 0.495 e. The van der Waals surface area contributed by atoms with E-state index in [1.54, 1.807) is 18.4 Å². The zero-order chi connectivity index (χ0) is 17.4. The molecule has 0 unspecified atom stereocenters. The Hall–Kier alpha value is -1.98. The quantitative estimate of drug-likeness (QED) is 0.671. The lowest BCUT2D eigenvalue weighted by atomic mass is 10.2. The molecule has 2 aromatic carbocycles. The highest BCUT2D eigenvalue weighted by Crippen LogP contribution is 2.36. The molecule has 3 aromatic rings. The number of aromatic nitrogens is 1. The van der Waals surface area contributed by atoms with Crippen LogP contribution in [-0.2, 0) is 0 Å². The number of anilines is 2. The molecular weight excluding hydrogens is 354 g/mol. The van der Waals surface area contributed by atoms with Gasteiger partial charge >= 0.3 is 0 Å². The maximum atomic E-state index is 6.35. The van der Waals surface area contributed by atoms with Gasteiger partial charge < -0.3 is 14.5 Å². The maximum Gasteiger partial charge on any atom is 0.186 e. The first-order valence-corrected chi connectivity index (χ1v) is 9.55. The van der Waals surface area contributed by atoms with Gasteiger partial charge in [0, 0.05) is 26.2 Å². The molecule has 1 saturated heterocycles. The van der Waals surface area contributed by atoms with Crippen LogP contribution in [-0.4, -0.2) is 38.3 Å². The number of hydrogen-bond acceptors (Lipinski definition) is 5. The van der Waals surface area contributed by atoms with E-state index in [0.717, 1.165) is 58.0 Å². The highest BCUT2D eigenvalue weighted by atomic mass is 35.5. The zero-order valence-corrected chi connectivity index (χ0v) is 15.9. The standard InChI is InChI=1S/C19H20ClN3OS/c1-13-7-8-14(20)18-17(13)21-19(25-18)23-11-9-22(10-12-23)15-5-3-4-6-16(15)24-2/h3-8H,9-12H2,1-2H3. The van der Waals surface area contributed by atoms with Crippen LogP contribution in [0.2, 0.25) is 5.02 Å². The zero-order valence-electron chi connectivity index (χ0n) is 14.3. The van der Waals surface area contributed by atoms with Crippen molar-refractivity contribution in [1.29, 1.82) is 0 Å². The average Bonchev–Trinajstić information content (AvgIpc) is 3.12. The normalized spacial score (nSPS) is 15.0. The Morgan fingerprint density at radius 2 is 1.76 bits per heavy atom. The van der Waals surface area contributed by atoms with E-state index in [4.69, 9.17) is 21.3 Å². The molecule has 1 aromatic heterocycles. The topological polar surface area (TPSA) is 28.6 Å². The molecule has 1 fully saturated rings. The van der Waals surface area contributed by atoms with Gasteiger partial charge in [0.15, 0.2) is 5.13 Å². The predicted molar refractivity (Wildman–Crippen MR) is 107 cm³/mol. The van der Waals surface area contributed by atoms with Gasteiger partial charge in [0.25, 0.3) is 0 Å². The number of aryl methyl sites for hydroxylation is 1. The van der Waals surface area contributed by atoms with E-state index in [-0.39, 0.29) is 0 Å². The summed E-state index contributed by atoms with van der Waals surface area (Å²) >= 11 is 8.04. The van der Waals surface area contributed by atoms with Crippen molar-refractivity contribution in [2.45, 2.75) is 6.92 Å². The van der Waals surface area contributed by atoms with E-state index in [0.29, 0.717) is 0 Å². The van der Waals surface area contributed by atoms with Crippen molar-refractivity contribution < 1.29 is 4.74 Å². The Morgan fingerprint density at radius 3 is 2.48 bits per heavy atom. The molecule has 0 atom stereocenters. The van der Waals surface area contributed by atoms with E-state index >= 15 is 0 Å². The number of nitrogens with zero attached hydrogens (tertiary/aromatic N) is 3. The number of halogens is 1. The molecule has 0 saturated carbocycles. The number of ether oxygens (including phenoxy) is 1. The Labute approximate surface area is 156 Å². The van der Waals surface area contributed by atoms with Crippen LogP contribution in [0.4, 0.5) is 10.8 Å². The third-order valence-corrected chi connectivity index (χ3v) is 6.24. The van der Waals surface area contributed by atoms with E-state index in [1.807, 2.05) is 24.3 Å². The second-order valence-electron chi connectivity index (χ2n) is 6.18. The number of para-hydroxylation sites is 2. The summed E-state index contributed by atoms with van der Waals surface area (Å²) in [6, 6.07) is 12.2. The Morgan fingerprint density at radius 1 is 1.04 bits per heavy atom. The minimum atomic E-state index is 0.789. The lowest BCUT2D eigenvalue weighted by molar-refractivity contribution is 0.413. The van der Waals surface area contributed by atoms with Crippen molar-refractivity contribution in [1.82, 2.24) is 4.98 Å². The van der Waals surface area contributed by atoms with Crippen molar-refractivity contribution in [3.8, 4) is 5.75 Å². The van der Waals surface area contributed by atoms with Crippen LogP contribution in [0.1, 0.15) is 5.56 Å². The summed E-state index contributed by atoms with van der Waals surface area (Å²) in [5, 5.41) is 1.85. The summed E-state index contributed by atoms with van der Waals surface area (Å²) in [5.41, 5.74) is 3.36. The van der Waals surface area contributed by atoms with E-state index in [2.05, 4.69) is 28.9 Å². The Balaban J connectivity index is 1.54. The van der Waals surface area contributed by atoms with Gasteiger partial charge in [-0.25, -0.2) is 4.98 Å². The molecule has 0 aliphatic carbocycles. The lowest BCUT2D eigenvalue weighted by Gasteiger charge is -2.36. The predicted octanol–water partition coefficient (Wildman–Crippen LogP) is 4.59. The molecular formula is C19H20ClN3OS. The first kappa shape index (κ1) is 16.5. The minimum Gasteiger partial charge on any atom is -0.495 e. The number of methoxy groups -OCH3 is 1. The molecule has 1 aliphatic heterocycles. The Kier molecular flexibility index (Phi) is 4.44. The molecule has 4 nitrogen and oxygen atoms in total. The molecule has 25 heavy (non-hydrogen) atoms. The fraction of sp³-hybridized carbons (Fsp3) is 0.316. The SMILES string of the molecule is COc1ccccc1N1CCN(c2nc3c(C)ccc(Cl)c3s2)CC1. The van der Waals surface area contributed by atoms with Gasteiger partial charge in [-0.2, -0.15) is 0 Å². The number of piperazine rings is 1. The van der Waals surface area contributed by atoms with E-state index in [1.165, 1.54) is 5.56 Å². The summed E-state index contributed by atoms with van der Waals surface area (Å²) in [5.74, 6) is 0.929. The summed E-state index contributed by atoms with van der Waals surface area (Å²) in [6.07, 6.45) is 0. The monoisotopic (exact) mass is 373 g/mol. The van der Waals surface area contributed by atoms with Crippen LogP contribution >= 0.6 is 22.9 Å². The van der Waals surface area contributed by atoms with E-state index < -0.39 is 0 Å². The molecule has 1 aliphatic rings. The van der Waals surface area contributed by atoms with E-state index in [9.17, 15) is 0 Å². The van der Waals surface area contributed by atoms with Crippen molar-refractivity contribution in [3.05, 3.63) is 47.0 Å². The minimum absolute atomic E-state index is 0.789. The highest BCUT2D eigenvalue weighted by molar-refractivity contribution is 7.22. The maximum absolute atomic E-state index is 6.35. The number of hydrogen-bond donors (Lipinski definition) is 0. The van der Waals surface area contributed by atoms with Crippen LogP contribution in [0, 0.1) is 6.92 Å². The lowest BCUT2D eigenvalue weighted by Crippen LogP contribution is -2.46. The van der Waals surface area contributed by atoms with Crippen molar-refractivity contribution >= 4 is 44.0 Å². The van der Waals surface area contributed by atoms with Gasteiger partial charge in [-0.15, -0.1) is 0 Å². The van der Waals surface area contributed by atoms with Gasteiger partial charge in [0.2, 0.25) is 0 Å². The van der Waals surface area contributed by atoms with Crippen LogP contribution in [0.3, 0.4) is 0 Å². The third-order valence-electron chi connectivity index (χ3n) is 4.66. The summed E-state index contributed by atoms with van der Waals surface area (Å²) in [7, 11) is 1.72. The highest BCUT2D eigenvalue weighted by Gasteiger charge is 2.22. The number of fused-ring (bicyclic) bond motifs is 1.